The quantitative estimate of drug-likeness (QED) is 0.676. The van der Waals surface area contributed by atoms with Crippen LogP contribution in [0.2, 0.25) is 0 Å². The van der Waals surface area contributed by atoms with Gasteiger partial charge in [0, 0.05) is 7.05 Å². The van der Waals surface area contributed by atoms with Gasteiger partial charge in [0.15, 0.2) is 0 Å². The third-order valence-corrected chi connectivity index (χ3v) is 1.13. The van der Waals surface area contributed by atoms with E-state index in [1.807, 2.05) is 19.0 Å². The molecule has 11 heavy (non-hydrogen) atoms. The van der Waals surface area contributed by atoms with Crippen LogP contribution < -0.4 is 5.32 Å². The minimum absolute atomic E-state index is 0.460. The molecule has 0 saturated heterocycles. The predicted octanol–water partition coefficient (Wildman–Crippen LogP) is 0.173. The van der Waals surface area contributed by atoms with Gasteiger partial charge in [0.25, 0.3) is 0 Å². The van der Waals surface area contributed by atoms with E-state index in [2.05, 4.69) is 15.5 Å². The number of nitrogens with one attached hydrogen (secondary N) is 1. The van der Waals surface area contributed by atoms with Crippen molar-refractivity contribution in [2.24, 2.45) is 0 Å². The second-order valence-electron chi connectivity index (χ2n) is 2.49. The van der Waals surface area contributed by atoms with E-state index in [1.54, 1.807) is 7.05 Å². The first-order valence-corrected chi connectivity index (χ1v) is 3.37. The van der Waals surface area contributed by atoms with Gasteiger partial charge in [-0.3, -0.25) is 0 Å². The van der Waals surface area contributed by atoms with Crippen LogP contribution in [0.1, 0.15) is 5.89 Å². The van der Waals surface area contributed by atoms with Gasteiger partial charge in [-0.15, -0.1) is 5.10 Å². The number of hydrogen-bond donors (Lipinski definition) is 1. The van der Waals surface area contributed by atoms with Gasteiger partial charge in [0.2, 0.25) is 5.89 Å². The van der Waals surface area contributed by atoms with E-state index < -0.39 is 0 Å². The largest absolute Gasteiger partial charge is 0.407 e. The van der Waals surface area contributed by atoms with Crippen LogP contribution in [0.15, 0.2) is 4.42 Å². The van der Waals surface area contributed by atoms with E-state index in [0.29, 0.717) is 18.5 Å². The Labute approximate surface area is 65.4 Å². The smallest absolute Gasteiger partial charge is 0.315 e. The summed E-state index contributed by atoms with van der Waals surface area (Å²) in [7, 11) is 5.64. The lowest BCUT2D eigenvalue weighted by molar-refractivity contribution is 0.344. The van der Waals surface area contributed by atoms with Gasteiger partial charge in [-0.05, 0) is 14.1 Å². The normalized spacial score (nSPS) is 10.5. The molecule has 0 fully saturated rings. The lowest BCUT2D eigenvalue weighted by atomic mass is 10.6. The first-order valence-electron chi connectivity index (χ1n) is 3.37. The van der Waals surface area contributed by atoms with Crippen molar-refractivity contribution < 1.29 is 4.42 Å². The number of rotatable bonds is 3. The number of nitrogens with zero attached hydrogens (tertiary/aromatic N) is 3. The van der Waals surface area contributed by atoms with E-state index in [-0.39, 0.29) is 0 Å². The maximum Gasteiger partial charge on any atom is 0.315 e. The fourth-order valence-corrected chi connectivity index (χ4v) is 0.689. The Kier molecular flexibility index (Phi) is 2.43. The van der Waals surface area contributed by atoms with Crippen LogP contribution in [0.3, 0.4) is 0 Å². The van der Waals surface area contributed by atoms with Crippen molar-refractivity contribution in [2.75, 3.05) is 26.5 Å². The predicted molar refractivity (Wildman–Crippen MR) is 41.2 cm³/mol. The third kappa shape index (κ3) is 2.19. The first kappa shape index (κ1) is 8.00. The molecule has 62 valence electrons. The number of hydrogen-bond acceptors (Lipinski definition) is 5. The SMILES string of the molecule is CNc1nnc(CN(C)C)o1. The Morgan fingerprint density at radius 1 is 1.45 bits per heavy atom. The average molecular weight is 156 g/mol. The molecule has 1 aromatic heterocycles. The molecule has 0 aliphatic carbocycles. The van der Waals surface area contributed by atoms with Crippen molar-refractivity contribution in [1.82, 2.24) is 15.1 Å². The minimum Gasteiger partial charge on any atom is -0.407 e. The molecule has 0 spiro atoms. The zero-order valence-corrected chi connectivity index (χ0v) is 6.96. The highest BCUT2D eigenvalue weighted by molar-refractivity contribution is 5.14. The topological polar surface area (TPSA) is 54.2 Å². The molecule has 0 aromatic carbocycles. The van der Waals surface area contributed by atoms with Crippen molar-refractivity contribution in [3.63, 3.8) is 0 Å². The van der Waals surface area contributed by atoms with Crippen molar-refractivity contribution >= 4 is 6.01 Å². The van der Waals surface area contributed by atoms with Gasteiger partial charge >= 0.3 is 6.01 Å². The summed E-state index contributed by atoms with van der Waals surface area (Å²) in [6.07, 6.45) is 0. The average Bonchev–Trinajstić information content (AvgIpc) is 2.34. The van der Waals surface area contributed by atoms with Crippen LogP contribution in [0.25, 0.3) is 0 Å². The van der Waals surface area contributed by atoms with Crippen LogP contribution in [-0.2, 0) is 6.54 Å². The van der Waals surface area contributed by atoms with E-state index in [1.165, 1.54) is 0 Å². The van der Waals surface area contributed by atoms with E-state index in [0.717, 1.165) is 0 Å². The van der Waals surface area contributed by atoms with Crippen molar-refractivity contribution in [1.29, 1.82) is 0 Å². The molecular weight excluding hydrogens is 144 g/mol. The van der Waals surface area contributed by atoms with Gasteiger partial charge in [0.1, 0.15) is 0 Å². The summed E-state index contributed by atoms with van der Waals surface area (Å²) in [4.78, 5) is 1.97. The molecule has 0 unspecified atom stereocenters. The molecule has 0 saturated carbocycles. The van der Waals surface area contributed by atoms with Crippen molar-refractivity contribution in [3.05, 3.63) is 5.89 Å². The van der Waals surface area contributed by atoms with Crippen LogP contribution in [0.4, 0.5) is 6.01 Å². The monoisotopic (exact) mass is 156 g/mol. The second-order valence-corrected chi connectivity index (χ2v) is 2.49. The summed E-state index contributed by atoms with van der Waals surface area (Å²) in [5, 5.41) is 10.3. The highest BCUT2D eigenvalue weighted by Gasteiger charge is 2.03. The molecule has 0 radical (unpaired) electrons. The molecule has 0 bridgehead atoms. The highest BCUT2D eigenvalue weighted by Crippen LogP contribution is 2.04. The lowest BCUT2D eigenvalue weighted by Gasteiger charge is -2.03. The van der Waals surface area contributed by atoms with E-state index >= 15 is 0 Å². The highest BCUT2D eigenvalue weighted by atomic mass is 16.4. The van der Waals surface area contributed by atoms with Gasteiger partial charge in [-0.1, -0.05) is 5.10 Å². The summed E-state index contributed by atoms with van der Waals surface area (Å²) in [6.45, 7) is 0.675. The molecule has 1 rings (SSSR count). The molecule has 5 nitrogen and oxygen atoms in total. The van der Waals surface area contributed by atoms with E-state index in [9.17, 15) is 0 Å². The molecule has 1 heterocycles. The Morgan fingerprint density at radius 2 is 2.18 bits per heavy atom. The summed E-state index contributed by atoms with van der Waals surface area (Å²) in [6, 6.07) is 0.460. The Bertz CT molecular complexity index is 220. The Balaban J connectivity index is 2.58. The van der Waals surface area contributed by atoms with Crippen LogP contribution >= 0.6 is 0 Å². The zero-order chi connectivity index (χ0) is 8.27. The minimum atomic E-state index is 0.460. The van der Waals surface area contributed by atoms with Crippen molar-refractivity contribution in [3.8, 4) is 0 Å². The zero-order valence-electron chi connectivity index (χ0n) is 6.96. The summed E-state index contributed by atoms with van der Waals surface area (Å²) >= 11 is 0. The van der Waals surface area contributed by atoms with Gasteiger partial charge in [-0.2, -0.15) is 0 Å². The summed E-state index contributed by atoms with van der Waals surface area (Å²) in [5.74, 6) is 0.624. The molecule has 0 aliphatic heterocycles. The standard InChI is InChI=1S/C6H12N4O/c1-7-6-9-8-5(11-6)4-10(2)3/h4H2,1-3H3,(H,7,9). The molecule has 0 amide bonds. The summed E-state index contributed by atoms with van der Waals surface area (Å²) in [5.41, 5.74) is 0. The third-order valence-electron chi connectivity index (χ3n) is 1.13. The van der Waals surface area contributed by atoms with E-state index in [4.69, 9.17) is 4.42 Å². The van der Waals surface area contributed by atoms with Gasteiger partial charge in [0.05, 0.1) is 6.54 Å². The van der Waals surface area contributed by atoms with Crippen LogP contribution in [0, 0.1) is 0 Å². The number of aromatic nitrogens is 2. The lowest BCUT2D eigenvalue weighted by Crippen LogP contribution is -2.10. The Hall–Kier alpha value is -1.10. The van der Waals surface area contributed by atoms with Gasteiger partial charge < -0.3 is 14.6 Å². The molecule has 5 heteroatoms. The number of anilines is 1. The fraction of sp³-hybridized carbons (Fsp3) is 0.667. The van der Waals surface area contributed by atoms with Crippen LogP contribution in [0.5, 0.6) is 0 Å². The summed E-state index contributed by atoms with van der Waals surface area (Å²) < 4.78 is 5.17. The first-order chi connectivity index (χ1) is 5.22. The molecule has 0 atom stereocenters. The van der Waals surface area contributed by atoms with Crippen molar-refractivity contribution in [2.45, 2.75) is 6.54 Å². The fourth-order valence-electron chi connectivity index (χ4n) is 0.689. The maximum absolute atomic E-state index is 5.17. The Morgan fingerprint density at radius 3 is 2.64 bits per heavy atom. The van der Waals surface area contributed by atoms with Crippen LogP contribution in [-0.4, -0.2) is 36.2 Å². The molecule has 1 aromatic rings. The molecule has 1 N–H and O–H groups in total. The molecular formula is C6H12N4O. The maximum atomic E-state index is 5.17. The molecule has 0 aliphatic rings. The van der Waals surface area contributed by atoms with Gasteiger partial charge in [-0.25, -0.2) is 0 Å². The second kappa shape index (κ2) is 3.34.